The Morgan fingerprint density at radius 2 is 2.19 bits per heavy atom. The van der Waals surface area contributed by atoms with Gasteiger partial charge in [-0.3, -0.25) is 4.68 Å². The lowest BCUT2D eigenvalue weighted by Crippen LogP contribution is -2.38. The molecule has 0 unspecified atom stereocenters. The number of aromatic nitrogens is 3. The first kappa shape index (κ1) is 10.9. The molecule has 0 spiro atoms. The van der Waals surface area contributed by atoms with Gasteiger partial charge >= 0.3 is 6.03 Å². The van der Waals surface area contributed by atoms with E-state index >= 15 is 0 Å². The molecule has 0 aliphatic carbocycles. The van der Waals surface area contributed by atoms with Gasteiger partial charge in [0.2, 0.25) is 0 Å². The van der Waals surface area contributed by atoms with Crippen LogP contribution in [0.1, 0.15) is 19.3 Å². The van der Waals surface area contributed by atoms with E-state index in [0.29, 0.717) is 6.54 Å². The average molecular weight is 223 g/mol. The SMILES string of the molecule is O=C(NCCCn1ccnn1)N1CCCC1. The maximum atomic E-state index is 11.6. The number of hydrogen-bond donors (Lipinski definition) is 1. The van der Waals surface area contributed by atoms with Crippen LogP contribution in [0.5, 0.6) is 0 Å². The fourth-order valence-corrected chi connectivity index (χ4v) is 1.82. The fraction of sp³-hybridized carbons (Fsp3) is 0.700. The topological polar surface area (TPSA) is 63.1 Å². The molecule has 2 amide bonds. The van der Waals surface area contributed by atoms with E-state index in [1.807, 2.05) is 11.1 Å². The number of carbonyl (C=O) groups excluding carboxylic acids is 1. The van der Waals surface area contributed by atoms with Crippen LogP contribution in [0.3, 0.4) is 0 Å². The molecule has 0 radical (unpaired) electrons. The number of aryl methyl sites for hydroxylation is 1. The Kier molecular flexibility index (Phi) is 3.74. The summed E-state index contributed by atoms with van der Waals surface area (Å²) < 4.78 is 1.77. The van der Waals surface area contributed by atoms with Gasteiger partial charge in [0.25, 0.3) is 0 Å². The summed E-state index contributed by atoms with van der Waals surface area (Å²) in [6, 6.07) is 0.0658. The number of rotatable bonds is 4. The van der Waals surface area contributed by atoms with Crippen LogP contribution < -0.4 is 5.32 Å². The Balaban J connectivity index is 1.59. The van der Waals surface area contributed by atoms with Crippen molar-refractivity contribution in [3.05, 3.63) is 12.4 Å². The van der Waals surface area contributed by atoms with Gasteiger partial charge in [-0.05, 0) is 19.3 Å². The summed E-state index contributed by atoms with van der Waals surface area (Å²) in [5, 5.41) is 10.5. The first-order valence-corrected chi connectivity index (χ1v) is 5.73. The number of nitrogens with one attached hydrogen (secondary N) is 1. The Bertz CT molecular complexity index is 318. The van der Waals surface area contributed by atoms with Crippen molar-refractivity contribution in [2.24, 2.45) is 0 Å². The van der Waals surface area contributed by atoms with Crippen LogP contribution >= 0.6 is 0 Å². The van der Waals surface area contributed by atoms with E-state index in [9.17, 15) is 4.79 Å². The second-order valence-corrected chi connectivity index (χ2v) is 3.95. The summed E-state index contributed by atoms with van der Waals surface area (Å²) in [7, 11) is 0. The largest absolute Gasteiger partial charge is 0.338 e. The van der Waals surface area contributed by atoms with E-state index in [-0.39, 0.29) is 6.03 Å². The number of amides is 2. The van der Waals surface area contributed by atoms with Crippen molar-refractivity contribution in [3.8, 4) is 0 Å². The minimum atomic E-state index is 0.0658. The average Bonchev–Trinajstić information content (AvgIpc) is 2.96. The third-order valence-corrected chi connectivity index (χ3v) is 2.71. The van der Waals surface area contributed by atoms with Gasteiger partial charge in [-0.1, -0.05) is 5.21 Å². The van der Waals surface area contributed by atoms with Crippen molar-refractivity contribution in [1.29, 1.82) is 0 Å². The summed E-state index contributed by atoms with van der Waals surface area (Å²) in [5.41, 5.74) is 0. The van der Waals surface area contributed by atoms with Gasteiger partial charge in [0.15, 0.2) is 0 Å². The molecule has 88 valence electrons. The molecule has 1 aromatic rings. The fourth-order valence-electron chi connectivity index (χ4n) is 1.82. The molecule has 0 bridgehead atoms. The highest BCUT2D eigenvalue weighted by Gasteiger charge is 2.16. The predicted molar refractivity (Wildman–Crippen MR) is 58.8 cm³/mol. The van der Waals surface area contributed by atoms with Crippen molar-refractivity contribution >= 4 is 6.03 Å². The van der Waals surface area contributed by atoms with Crippen LogP contribution in [0.15, 0.2) is 12.4 Å². The second-order valence-electron chi connectivity index (χ2n) is 3.95. The molecule has 1 fully saturated rings. The van der Waals surface area contributed by atoms with Gasteiger partial charge in [0.1, 0.15) is 0 Å². The van der Waals surface area contributed by atoms with Crippen molar-refractivity contribution in [1.82, 2.24) is 25.2 Å². The van der Waals surface area contributed by atoms with Crippen LogP contribution in [-0.2, 0) is 6.54 Å². The van der Waals surface area contributed by atoms with E-state index < -0.39 is 0 Å². The lowest BCUT2D eigenvalue weighted by molar-refractivity contribution is 0.208. The smallest absolute Gasteiger partial charge is 0.317 e. The molecule has 0 atom stereocenters. The molecule has 1 aliphatic rings. The van der Waals surface area contributed by atoms with Crippen LogP contribution in [0.2, 0.25) is 0 Å². The minimum Gasteiger partial charge on any atom is -0.338 e. The Morgan fingerprint density at radius 3 is 2.88 bits per heavy atom. The molecule has 6 heteroatoms. The van der Waals surface area contributed by atoms with Crippen molar-refractivity contribution < 1.29 is 4.79 Å². The molecule has 0 saturated carbocycles. The van der Waals surface area contributed by atoms with Gasteiger partial charge in [-0.15, -0.1) is 5.10 Å². The quantitative estimate of drug-likeness (QED) is 0.755. The lowest BCUT2D eigenvalue weighted by atomic mass is 10.4. The Hall–Kier alpha value is -1.59. The molecular formula is C10H17N5O. The van der Waals surface area contributed by atoms with E-state index in [1.165, 1.54) is 0 Å². The van der Waals surface area contributed by atoms with E-state index in [0.717, 1.165) is 38.9 Å². The molecule has 0 aromatic carbocycles. The third kappa shape index (κ3) is 2.95. The Labute approximate surface area is 94.6 Å². The van der Waals surface area contributed by atoms with Crippen molar-refractivity contribution in [2.75, 3.05) is 19.6 Å². The molecule has 1 N–H and O–H groups in total. The first-order valence-electron chi connectivity index (χ1n) is 5.73. The zero-order chi connectivity index (χ0) is 11.2. The summed E-state index contributed by atoms with van der Waals surface area (Å²) in [4.78, 5) is 13.5. The van der Waals surface area contributed by atoms with Crippen molar-refractivity contribution in [3.63, 3.8) is 0 Å². The summed E-state index contributed by atoms with van der Waals surface area (Å²) >= 11 is 0. The molecule has 16 heavy (non-hydrogen) atoms. The highest BCUT2D eigenvalue weighted by atomic mass is 16.2. The molecule has 1 saturated heterocycles. The van der Waals surface area contributed by atoms with Gasteiger partial charge in [-0.25, -0.2) is 4.79 Å². The highest BCUT2D eigenvalue weighted by Crippen LogP contribution is 2.06. The predicted octanol–water partition coefficient (Wildman–Crippen LogP) is 0.474. The number of urea groups is 1. The van der Waals surface area contributed by atoms with E-state index in [1.54, 1.807) is 10.9 Å². The highest BCUT2D eigenvalue weighted by molar-refractivity contribution is 5.74. The normalized spacial score (nSPS) is 15.4. The zero-order valence-corrected chi connectivity index (χ0v) is 9.30. The van der Waals surface area contributed by atoms with Gasteiger partial charge < -0.3 is 10.2 Å². The number of nitrogens with zero attached hydrogens (tertiary/aromatic N) is 4. The maximum absolute atomic E-state index is 11.6. The van der Waals surface area contributed by atoms with Gasteiger partial charge in [0, 0.05) is 32.4 Å². The molecular weight excluding hydrogens is 206 g/mol. The minimum absolute atomic E-state index is 0.0658. The van der Waals surface area contributed by atoms with Crippen LogP contribution in [0.4, 0.5) is 4.79 Å². The van der Waals surface area contributed by atoms with Gasteiger partial charge in [0.05, 0.1) is 6.20 Å². The number of hydrogen-bond acceptors (Lipinski definition) is 3. The van der Waals surface area contributed by atoms with E-state index in [2.05, 4.69) is 15.6 Å². The van der Waals surface area contributed by atoms with Crippen LogP contribution in [0, 0.1) is 0 Å². The molecule has 2 heterocycles. The third-order valence-electron chi connectivity index (χ3n) is 2.71. The summed E-state index contributed by atoms with van der Waals surface area (Å²) in [5.74, 6) is 0. The van der Waals surface area contributed by atoms with Gasteiger partial charge in [-0.2, -0.15) is 0 Å². The lowest BCUT2D eigenvalue weighted by Gasteiger charge is -2.15. The van der Waals surface area contributed by atoms with Crippen molar-refractivity contribution in [2.45, 2.75) is 25.8 Å². The first-order chi connectivity index (χ1) is 7.86. The molecule has 1 aromatic heterocycles. The summed E-state index contributed by atoms with van der Waals surface area (Å²) in [6.45, 7) is 3.28. The molecule has 6 nitrogen and oxygen atoms in total. The van der Waals surface area contributed by atoms with E-state index in [4.69, 9.17) is 0 Å². The Morgan fingerprint density at radius 1 is 1.38 bits per heavy atom. The molecule has 1 aliphatic heterocycles. The zero-order valence-electron chi connectivity index (χ0n) is 9.30. The van der Waals surface area contributed by atoms with Crippen LogP contribution in [0.25, 0.3) is 0 Å². The summed E-state index contributed by atoms with van der Waals surface area (Å²) in [6.07, 6.45) is 6.62. The number of likely N-dealkylation sites (tertiary alicyclic amines) is 1. The van der Waals surface area contributed by atoms with Crippen LogP contribution in [-0.4, -0.2) is 45.6 Å². The monoisotopic (exact) mass is 223 g/mol. The molecule has 2 rings (SSSR count). The maximum Gasteiger partial charge on any atom is 0.317 e. The standard InChI is InChI=1S/C10H17N5O/c16-10(14-6-1-2-7-14)11-4-3-8-15-9-5-12-13-15/h5,9H,1-4,6-8H2,(H,11,16). The number of carbonyl (C=O) groups is 1. The second kappa shape index (κ2) is 5.48.